The van der Waals surface area contributed by atoms with Crippen LogP contribution in [0.1, 0.15) is 45.4 Å². The highest BCUT2D eigenvalue weighted by Crippen LogP contribution is 2.30. The third kappa shape index (κ3) is 3.37. The SMILES string of the molecule is CCCN(C(=O)C1(N)CCCCC1)C1COCC1C(=O)O. The summed E-state index contributed by atoms with van der Waals surface area (Å²) < 4.78 is 5.31. The minimum atomic E-state index is -0.902. The Balaban J connectivity index is 2.17. The van der Waals surface area contributed by atoms with Gasteiger partial charge in [-0.05, 0) is 19.3 Å². The summed E-state index contributed by atoms with van der Waals surface area (Å²) in [4.78, 5) is 25.9. The summed E-state index contributed by atoms with van der Waals surface area (Å²) in [5.41, 5.74) is 5.52. The van der Waals surface area contributed by atoms with E-state index in [-0.39, 0.29) is 12.5 Å². The van der Waals surface area contributed by atoms with Crippen molar-refractivity contribution >= 4 is 11.9 Å². The van der Waals surface area contributed by atoms with Gasteiger partial charge in [0.15, 0.2) is 0 Å². The molecule has 0 radical (unpaired) electrons. The normalized spacial score (nSPS) is 28.3. The first-order chi connectivity index (χ1) is 9.99. The molecule has 2 rings (SSSR count). The van der Waals surface area contributed by atoms with E-state index in [9.17, 15) is 14.7 Å². The van der Waals surface area contributed by atoms with E-state index in [2.05, 4.69) is 0 Å². The van der Waals surface area contributed by atoms with Gasteiger partial charge < -0.3 is 20.5 Å². The number of carbonyl (C=O) groups excluding carboxylic acids is 1. The average molecular weight is 298 g/mol. The Labute approximate surface area is 125 Å². The van der Waals surface area contributed by atoms with Gasteiger partial charge in [-0.3, -0.25) is 9.59 Å². The molecule has 21 heavy (non-hydrogen) atoms. The maximum atomic E-state index is 12.9. The van der Waals surface area contributed by atoms with E-state index in [4.69, 9.17) is 10.5 Å². The molecule has 0 aromatic rings. The van der Waals surface area contributed by atoms with E-state index in [1.54, 1.807) is 4.90 Å². The molecule has 2 unspecified atom stereocenters. The lowest BCUT2D eigenvalue weighted by molar-refractivity contribution is -0.147. The standard InChI is InChI=1S/C15H26N2O4/c1-2-8-17(12-10-21-9-11(12)13(18)19)14(20)15(16)6-4-3-5-7-15/h11-12H,2-10,16H2,1H3,(H,18,19). The zero-order chi connectivity index (χ0) is 15.5. The van der Waals surface area contributed by atoms with Crippen LogP contribution in [-0.2, 0) is 14.3 Å². The first-order valence-electron chi connectivity index (χ1n) is 7.90. The Morgan fingerprint density at radius 3 is 2.52 bits per heavy atom. The number of hydrogen-bond acceptors (Lipinski definition) is 4. The largest absolute Gasteiger partial charge is 0.481 e. The number of carboxylic acids is 1. The van der Waals surface area contributed by atoms with Gasteiger partial charge in [0, 0.05) is 6.54 Å². The summed E-state index contributed by atoms with van der Waals surface area (Å²) >= 11 is 0. The summed E-state index contributed by atoms with van der Waals surface area (Å²) in [6, 6.07) is -0.391. The highest BCUT2D eigenvalue weighted by atomic mass is 16.5. The smallest absolute Gasteiger partial charge is 0.311 e. The molecule has 0 bridgehead atoms. The number of carboxylic acid groups (broad SMARTS) is 1. The Bertz CT molecular complexity index is 393. The monoisotopic (exact) mass is 298 g/mol. The third-order valence-corrected chi connectivity index (χ3v) is 4.67. The minimum Gasteiger partial charge on any atom is -0.481 e. The number of hydrogen-bond donors (Lipinski definition) is 2. The van der Waals surface area contributed by atoms with E-state index in [1.807, 2.05) is 6.92 Å². The van der Waals surface area contributed by atoms with Crippen LogP contribution in [0.5, 0.6) is 0 Å². The van der Waals surface area contributed by atoms with Gasteiger partial charge in [-0.15, -0.1) is 0 Å². The molecule has 1 aliphatic carbocycles. The van der Waals surface area contributed by atoms with Crippen LogP contribution in [0.3, 0.4) is 0 Å². The van der Waals surface area contributed by atoms with Crippen LogP contribution in [0.15, 0.2) is 0 Å². The van der Waals surface area contributed by atoms with Crippen molar-refractivity contribution in [3.63, 3.8) is 0 Å². The van der Waals surface area contributed by atoms with Crippen molar-refractivity contribution in [2.75, 3.05) is 19.8 Å². The lowest BCUT2D eigenvalue weighted by atomic mass is 9.81. The Kier molecular flexibility index (Phi) is 5.22. The summed E-state index contributed by atoms with van der Waals surface area (Å²) in [5.74, 6) is -1.64. The van der Waals surface area contributed by atoms with Gasteiger partial charge in [-0.1, -0.05) is 26.2 Å². The molecule has 2 atom stereocenters. The van der Waals surface area contributed by atoms with E-state index in [0.29, 0.717) is 26.0 Å². The van der Waals surface area contributed by atoms with E-state index < -0.39 is 23.5 Å². The van der Waals surface area contributed by atoms with Crippen LogP contribution in [0.2, 0.25) is 0 Å². The quantitative estimate of drug-likeness (QED) is 0.789. The summed E-state index contributed by atoms with van der Waals surface area (Å²) in [7, 11) is 0. The predicted molar refractivity (Wildman–Crippen MR) is 77.7 cm³/mol. The lowest BCUT2D eigenvalue weighted by Crippen LogP contribution is -2.60. The minimum absolute atomic E-state index is 0.0919. The summed E-state index contributed by atoms with van der Waals surface area (Å²) in [5, 5.41) is 9.31. The molecule has 2 fully saturated rings. The molecule has 1 amide bonds. The molecule has 3 N–H and O–H groups in total. The van der Waals surface area contributed by atoms with Gasteiger partial charge in [-0.2, -0.15) is 0 Å². The van der Waals surface area contributed by atoms with Crippen molar-refractivity contribution in [1.29, 1.82) is 0 Å². The second kappa shape index (κ2) is 6.75. The first kappa shape index (κ1) is 16.2. The van der Waals surface area contributed by atoms with E-state index in [1.165, 1.54) is 0 Å². The number of nitrogens with two attached hydrogens (primary N) is 1. The second-order valence-corrected chi connectivity index (χ2v) is 6.26. The van der Waals surface area contributed by atoms with E-state index in [0.717, 1.165) is 25.7 Å². The van der Waals surface area contributed by atoms with Crippen LogP contribution >= 0.6 is 0 Å². The van der Waals surface area contributed by atoms with Crippen molar-refractivity contribution in [3.8, 4) is 0 Å². The molecule has 0 aromatic heterocycles. The number of ether oxygens (including phenoxy) is 1. The number of aliphatic carboxylic acids is 1. The predicted octanol–water partition coefficient (Wildman–Crippen LogP) is 0.986. The van der Waals surface area contributed by atoms with Gasteiger partial charge in [0.2, 0.25) is 5.91 Å². The molecule has 6 heteroatoms. The van der Waals surface area contributed by atoms with Crippen molar-refractivity contribution in [1.82, 2.24) is 4.90 Å². The van der Waals surface area contributed by atoms with Crippen molar-refractivity contribution < 1.29 is 19.4 Å². The molecule has 120 valence electrons. The lowest BCUT2D eigenvalue weighted by Gasteiger charge is -2.40. The van der Waals surface area contributed by atoms with Crippen LogP contribution in [-0.4, -0.2) is 53.2 Å². The molecule has 1 heterocycles. The molecule has 1 saturated heterocycles. The highest BCUT2D eigenvalue weighted by Gasteiger charge is 2.45. The van der Waals surface area contributed by atoms with Gasteiger partial charge in [0.1, 0.15) is 5.92 Å². The molecule has 0 spiro atoms. The van der Waals surface area contributed by atoms with E-state index >= 15 is 0 Å². The van der Waals surface area contributed by atoms with Gasteiger partial charge >= 0.3 is 5.97 Å². The Hall–Kier alpha value is -1.14. The maximum absolute atomic E-state index is 12.9. The average Bonchev–Trinajstić information content (AvgIpc) is 2.94. The Morgan fingerprint density at radius 1 is 1.29 bits per heavy atom. The summed E-state index contributed by atoms with van der Waals surface area (Å²) in [6.45, 7) is 2.98. The zero-order valence-corrected chi connectivity index (χ0v) is 12.7. The van der Waals surface area contributed by atoms with Gasteiger partial charge in [0.25, 0.3) is 0 Å². The van der Waals surface area contributed by atoms with Gasteiger partial charge in [-0.25, -0.2) is 0 Å². The summed E-state index contributed by atoms with van der Waals surface area (Å²) in [6.07, 6.45) is 5.21. The fourth-order valence-corrected chi connectivity index (χ4v) is 3.43. The topological polar surface area (TPSA) is 92.9 Å². The molecule has 1 aliphatic heterocycles. The maximum Gasteiger partial charge on any atom is 0.311 e. The van der Waals surface area contributed by atoms with Crippen molar-refractivity contribution in [3.05, 3.63) is 0 Å². The number of amides is 1. The molecule has 2 aliphatic rings. The van der Waals surface area contributed by atoms with Crippen molar-refractivity contribution in [2.24, 2.45) is 11.7 Å². The molecular weight excluding hydrogens is 272 g/mol. The first-order valence-corrected chi connectivity index (χ1v) is 7.90. The van der Waals surface area contributed by atoms with Crippen LogP contribution in [0.25, 0.3) is 0 Å². The fourth-order valence-electron chi connectivity index (χ4n) is 3.43. The third-order valence-electron chi connectivity index (χ3n) is 4.67. The number of carbonyl (C=O) groups is 2. The number of nitrogens with zero attached hydrogens (tertiary/aromatic N) is 1. The van der Waals surface area contributed by atoms with Crippen LogP contribution in [0.4, 0.5) is 0 Å². The van der Waals surface area contributed by atoms with Crippen LogP contribution < -0.4 is 5.73 Å². The fraction of sp³-hybridized carbons (Fsp3) is 0.867. The molecule has 6 nitrogen and oxygen atoms in total. The molecule has 0 aromatic carbocycles. The second-order valence-electron chi connectivity index (χ2n) is 6.26. The number of rotatable bonds is 5. The van der Waals surface area contributed by atoms with Crippen LogP contribution in [0, 0.1) is 5.92 Å². The van der Waals surface area contributed by atoms with Gasteiger partial charge in [0.05, 0.1) is 24.8 Å². The highest BCUT2D eigenvalue weighted by molar-refractivity contribution is 5.87. The Morgan fingerprint density at radius 2 is 1.95 bits per heavy atom. The molecular formula is C15H26N2O4. The zero-order valence-electron chi connectivity index (χ0n) is 12.7. The van der Waals surface area contributed by atoms with Crippen molar-refractivity contribution in [2.45, 2.75) is 57.0 Å². The molecule has 1 saturated carbocycles.